The topological polar surface area (TPSA) is 121 Å². The number of nitriles is 1. The van der Waals surface area contributed by atoms with Crippen molar-refractivity contribution in [1.82, 2.24) is 14.9 Å². The lowest BCUT2D eigenvalue weighted by molar-refractivity contribution is 0.0287. The summed E-state index contributed by atoms with van der Waals surface area (Å²) >= 11 is 6.15. The van der Waals surface area contributed by atoms with Crippen LogP contribution in [0.2, 0.25) is 5.15 Å². The second-order valence-corrected chi connectivity index (χ2v) is 8.18. The molecule has 0 saturated heterocycles. The van der Waals surface area contributed by atoms with Gasteiger partial charge in [-0.3, -0.25) is 9.59 Å². The number of aromatic nitrogens is 2. The highest BCUT2D eigenvalue weighted by atomic mass is 35.5. The number of hydrogen-bond acceptors (Lipinski definition) is 7. The number of carbonyl (C=O) groups is 1. The maximum absolute atomic E-state index is 12.5. The fourth-order valence-corrected chi connectivity index (χ4v) is 4.13. The van der Waals surface area contributed by atoms with E-state index in [0.717, 1.165) is 23.7 Å². The quantitative estimate of drug-likeness (QED) is 0.477. The van der Waals surface area contributed by atoms with Crippen LogP contribution >= 0.6 is 11.6 Å². The van der Waals surface area contributed by atoms with E-state index in [-0.39, 0.29) is 34.1 Å². The number of ether oxygens (including phenoxy) is 1. The van der Waals surface area contributed by atoms with Crippen molar-refractivity contribution in [2.75, 3.05) is 24.8 Å². The van der Waals surface area contributed by atoms with Gasteiger partial charge in [0.15, 0.2) is 0 Å². The molecule has 0 aliphatic heterocycles. The standard InChI is InChI=1S/C23H23ClN6O3/c1-26-23(32)18-9-16(14(11-25)22(24)29-18)27-12-4-6-19-13(8-12)17(10-21(31)30(19)2)28-15-5-7-20(15)33-3/h4,6,8-10,15,20,28H,5,7H2,1-3H3,(H,26,32)(H,27,29)/t15-,20-/m1/s1. The fraction of sp³-hybridized carbons (Fsp3) is 0.304. The number of aryl methyl sites for hydroxylation is 1. The van der Waals surface area contributed by atoms with Crippen molar-refractivity contribution in [1.29, 1.82) is 5.26 Å². The molecule has 2 atom stereocenters. The predicted octanol–water partition coefficient (Wildman–Crippen LogP) is 3.15. The molecule has 0 bridgehead atoms. The Morgan fingerprint density at radius 3 is 2.70 bits per heavy atom. The maximum Gasteiger partial charge on any atom is 0.269 e. The van der Waals surface area contributed by atoms with Gasteiger partial charge in [-0.15, -0.1) is 0 Å². The minimum absolute atomic E-state index is 0.0674. The average Bonchev–Trinajstić information content (AvgIpc) is 2.79. The van der Waals surface area contributed by atoms with Crippen molar-refractivity contribution in [3.8, 4) is 6.07 Å². The van der Waals surface area contributed by atoms with Gasteiger partial charge in [0.1, 0.15) is 22.5 Å². The molecular formula is C23H23ClN6O3. The third kappa shape index (κ3) is 4.23. The molecule has 33 heavy (non-hydrogen) atoms. The predicted molar refractivity (Wildman–Crippen MR) is 127 cm³/mol. The summed E-state index contributed by atoms with van der Waals surface area (Å²) in [6.07, 6.45) is 2.03. The van der Waals surface area contributed by atoms with E-state index >= 15 is 0 Å². The van der Waals surface area contributed by atoms with Gasteiger partial charge in [0.25, 0.3) is 11.5 Å². The van der Waals surface area contributed by atoms with Crippen LogP contribution in [0, 0.1) is 11.3 Å². The molecule has 1 saturated carbocycles. The Hall–Kier alpha value is -3.61. The highest BCUT2D eigenvalue weighted by Crippen LogP contribution is 2.32. The Morgan fingerprint density at radius 1 is 1.27 bits per heavy atom. The molecular weight excluding hydrogens is 444 g/mol. The molecule has 2 aromatic heterocycles. The summed E-state index contributed by atoms with van der Waals surface area (Å²) in [5, 5.41) is 19.4. The first kappa shape index (κ1) is 22.6. The number of nitrogens with zero attached hydrogens (tertiary/aromatic N) is 3. The van der Waals surface area contributed by atoms with Crippen LogP contribution in [-0.4, -0.2) is 41.8 Å². The van der Waals surface area contributed by atoms with E-state index in [9.17, 15) is 14.9 Å². The molecule has 170 valence electrons. The van der Waals surface area contributed by atoms with E-state index in [1.54, 1.807) is 30.9 Å². The Bertz CT molecular complexity index is 1340. The molecule has 3 aromatic rings. The number of amides is 1. The third-order valence-corrected chi connectivity index (χ3v) is 6.20. The molecule has 1 aliphatic rings. The number of halogens is 1. The largest absolute Gasteiger partial charge is 0.379 e. The highest BCUT2D eigenvalue weighted by molar-refractivity contribution is 6.31. The molecule has 3 N–H and O–H groups in total. The van der Waals surface area contributed by atoms with Crippen molar-refractivity contribution in [3.63, 3.8) is 0 Å². The molecule has 1 aromatic carbocycles. The number of nitrogens with one attached hydrogen (secondary N) is 3. The van der Waals surface area contributed by atoms with Crippen LogP contribution in [0.1, 0.15) is 28.9 Å². The van der Waals surface area contributed by atoms with Gasteiger partial charge < -0.3 is 25.3 Å². The first-order valence-corrected chi connectivity index (χ1v) is 10.8. The Labute approximate surface area is 195 Å². The number of rotatable bonds is 6. The molecule has 1 amide bonds. The summed E-state index contributed by atoms with van der Waals surface area (Å²) in [6, 6.07) is 10.7. The summed E-state index contributed by atoms with van der Waals surface area (Å²) in [5.74, 6) is -0.419. The molecule has 9 nitrogen and oxygen atoms in total. The third-order valence-electron chi connectivity index (χ3n) is 5.93. The average molecular weight is 467 g/mol. The smallest absolute Gasteiger partial charge is 0.269 e. The van der Waals surface area contributed by atoms with Gasteiger partial charge in [0.05, 0.1) is 23.3 Å². The van der Waals surface area contributed by atoms with E-state index in [4.69, 9.17) is 16.3 Å². The lowest BCUT2D eigenvalue weighted by Crippen LogP contribution is -2.44. The lowest BCUT2D eigenvalue weighted by Gasteiger charge is -2.36. The number of anilines is 3. The summed E-state index contributed by atoms with van der Waals surface area (Å²) in [4.78, 5) is 28.5. The van der Waals surface area contributed by atoms with Crippen LogP contribution < -0.4 is 21.5 Å². The van der Waals surface area contributed by atoms with E-state index < -0.39 is 5.91 Å². The molecule has 1 fully saturated rings. The van der Waals surface area contributed by atoms with Gasteiger partial charge in [0.2, 0.25) is 0 Å². The molecule has 4 rings (SSSR count). The molecule has 10 heteroatoms. The van der Waals surface area contributed by atoms with Crippen LogP contribution in [0.15, 0.2) is 35.1 Å². The normalized spacial score (nSPS) is 17.2. The molecule has 2 heterocycles. The van der Waals surface area contributed by atoms with E-state index in [1.807, 2.05) is 18.2 Å². The monoisotopic (exact) mass is 466 g/mol. The summed E-state index contributed by atoms with van der Waals surface area (Å²) in [5.41, 5.74) is 2.56. The van der Waals surface area contributed by atoms with Crippen LogP contribution in [-0.2, 0) is 11.8 Å². The van der Waals surface area contributed by atoms with Gasteiger partial charge >= 0.3 is 0 Å². The highest BCUT2D eigenvalue weighted by Gasteiger charge is 2.31. The van der Waals surface area contributed by atoms with Crippen LogP contribution in [0.3, 0.4) is 0 Å². The zero-order chi connectivity index (χ0) is 23.7. The fourth-order valence-electron chi connectivity index (χ4n) is 3.89. The summed E-state index contributed by atoms with van der Waals surface area (Å²) in [7, 11) is 4.89. The Morgan fingerprint density at radius 2 is 2.06 bits per heavy atom. The van der Waals surface area contributed by atoms with Gasteiger partial charge in [-0.05, 0) is 37.1 Å². The number of fused-ring (bicyclic) bond motifs is 1. The van der Waals surface area contributed by atoms with Crippen molar-refractivity contribution in [2.24, 2.45) is 7.05 Å². The van der Waals surface area contributed by atoms with Crippen molar-refractivity contribution in [3.05, 3.63) is 57.1 Å². The van der Waals surface area contributed by atoms with E-state index in [0.29, 0.717) is 17.1 Å². The van der Waals surface area contributed by atoms with E-state index in [2.05, 4.69) is 20.9 Å². The molecule has 0 spiro atoms. The van der Waals surface area contributed by atoms with Crippen molar-refractivity contribution in [2.45, 2.75) is 25.0 Å². The van der Waals surface area contributed by atoms with Crippen LogP contribution in [0.25, 0.3) is 10.9 Å². The van der Waals surface area contributed by atoms with Gasteiger partial charge in [-0.2, -0.15) is 5.26 Å². The Balaban J connectivity index is 1.77. The number of hydrogen-bond donors (Lipinski definition) is 3. The molecule has 1 aliphatic carbocycles. The van der Waals surface area contributed by atoms with Gasteiger partial charge in [-0.25, -0.2) is 4.98 Å². The SMILES string of the molecule is CNC(=O)c1cc(Nc2ccc3c(c2)c(N[C@@H]2CC[C@H]2OC)cc(=O)n3C)c(C#N)c(Cl)n1. The molecule has 0 unspecified atom stereocenters. The number of benzene rings is 1. The van der Waals surface area contributed by atoms with E-state index in [1.165, 1.54) is 13.1 Å². The first-order chi connectivity index (χ1) is 15.9. The number of pyridine rings is 2. The first-order valence-electron chi connectivity index (χ1n) is 10.4. The maximum atomic E-state index is 12.5. The second kappa shape index (κ2) is 9.10. The number of methoxy groups -OCH3 is 1. The Kier molecular flexibility index (Phi) is 6.22. The minimum atomic E-state index is -0.419. The zero-order valence-electron chi connectivity index (χ0n) is 18.4. The van der Waals surface area contributed by atoms with Gasteiger partial charge in [-0.1, -0.05) is 11.6 Å². The minimum Gasteiger partial charge on any atom is -0.379 e. The number of carbonyl (C=O) groups excluding carboxylic acids is 1. The zero-order valence-corrected chi connectivity index (χ0v) is 19.2. The van der Waals surface area contributed by atoms with Gasteiger partial charge in [0, 0.05) is 44.0 Å². The summed E-state index contributed by atoms with van der Waals surface area (Å²) < 4.78 is 7.05. The lowest BCUT2D eigenvalue weighted by atomic mass is 9.88. The summed E-state index contributed by atoms with van der Waals surface area (Å²) in [6.45, 7) is 0. The van der Waals surface area contributed by atoms with Crippen molar-refractivity contribution < 1.29 is 9.53 Å². The van der Waals surface area contributed by atoms with Crippen molar-refractivity contribution >= 4 is 45.5 Å². The molecule has 0 radical (unpaired) electrons. The van der Waals surface area contributed by atoms with Crippen LogP contribution in [0.4, 0.5) is 17.1 Å². The van der Waals surface area contributed by atoms with Crippen LogP contribution in [0.5, 0.6) is 0 Å². The second-order valence-electron chi connectivity index (χ2n) is 7.83.